The number of nitrogens with one attached hydrogen (secondary N) is 1. The van der Waals surface area contributed by atoms with E-state index in [0.29, 0.717) is 19.8 Å². The first-order valence-electron chi connectivity index (χ1n) is 14.2. The molecule has 0 amide bonds. The van der Waals surface area contributed by atoms with Crippen LogP contribution in [0.25, 0.3) is 40.0 Å². The number of anilines is 2. The molecule has 5 aromatic rings. The van der Waals surface area contributed by atoms with Gasteiger partial charge in [-0.25, -0.2) is 19.7 Å². The van der Waals surface area contributed by atoms with Crippen LogP contribution in [0.15, 0.2) is 73.1 Å². The van der Waals surface area contributed by atoms with E-state index >= 15 is 0 Å². The first-order chi connectivity index (χ1) is 22.1. The van der Waals surface area contributed by atoms with Crippen LogP contribution in [-0.4, -0.2) is 80.5 Å². The highest BCUT2D eigenvalue weighted by Gasteiger charge is 2.38. The number of carboxylic acids is 2. The van der Waals surface area contributed by atoms with Crippen molar-refractivity contribution in [3.8, 4) is 11.3 Å². The topological polar surface area (TPSA) is 142 Å². The second kappa shape index (κ2) is 14.1. The Labute approximate surface area is 260 Å². The molecule has 1 fully saturated rings. The quantitative estimate of drug-likeness (QED) is 0.201. The number of aliphatic carboxylic acids is 2. The number of hydrogen-bond acceptors (Lipinski definition) is 8. The number of nitrogens with zero attached hydrogens (tertiary/aromatic N) is 5. The second-order valence-electron chi connectivity index (χ2n) is 10.1. The normalized spacial score (nSPS) is 13.5. The van der Waals surface area contributed by atoms with E-state index < -0.39 is 18.1 Å². The van der Waals surface area contributed by atoms with Crippen LogP contribution in [0.2, 0.25) is 0 Å². The first-order valence-corrected chi connectivity index (χ1v) is 14.2. The summed E-state index contributed by atoms with van der Waals surface area (Å²) in [5, 5.41) is 20.2. The van der Waals surface area contributed by atoms with Crippen molar-refractivity contribution in [2.75, 3.05) is 43.1 Å². The van der Waals surface area contributed by atoms with Gasteiger partial charge in [0.25, 0.3) is 0 Å². The number of hydrogen-bond donors (Lipinski definition) is 3. The van der Waals surface area contributed by atoms with Gasteiger partial charge in [-0.15, -0.1) is 0 Å². The lowest BCUT2D eigenvalue weighted by molar-refractivity contribution is -0.192. The molecular weight excluding hydrogens is 605 g/mol. The third-order valence-corrected chi connectivity index (χ3v) is 6.94. The number of morpholine rings is 1. The Morgan fingerprint density at radius 1 is 0.935 bits per heavy atom. The highest BCUT2D eigenvalue weighted by Crippen LogP contribution is 2.28. The maximum atomic E-state index is 10.8. The Balaban J connectivity index is 0.000000537. The van der Waals surface area contributed by atoms with Gasteiger partial charge in [-0.1, -0.05) is 36.4 Å². The van der Waals surface area contributed by atoms with Crippen LogP contribution in [0, 0.1) is 0 Å². The Morgan fingerprint density at radius 3 is 2.33 bits per heavy atom. The number of halogens is 3. The number of imidazole rings is 1. The summed E-state index contributed by atoms with van der Waals surface area (Å²) >= 11 is 0. The number of alkyl halides is 3. The first kappa shape index (κ1) is 31.9. The molecule has 0 bridgehead atoms. The average molecular weight is 635 g/mol. The summed E-state index contributed by atoms with van der Waals surface area (Å²) in [6, 6.07) is 20.0. The number of para-hydroxylation sites is 1. The van der Waals surface area contributed by atoms with E-state index in [9.17, 15) is 18.0 Å². The SMILES string of the molecule is O=C(O)C(F)(F)F.O=C(O)CCNc1ccc(-c2cnc(N3CCOCC3)c3nc(C=Cc4ccc5ccccc5n4)cn23)cc1. The average Bonchev–Trinajstić information content (AvgIpc) is 3.48. The van der Waals surface area contributed by atoms with Crippen molar-refractivity contribution < 1.29 is 37.7 Å². The summed E-state index contributed by atoms with van der Waals surface area (Å²) in [7, 11) is 0. The van der Waals surface area contributed by atoms with Crippen molar-refractivity contribution >= 4 is 52.1 Å². The zero-order valence-corrected chi connectivity index (χ0v) is 24.3. The number of carboxylic acid groups (broad SMARTS) is 2. The number of aromatic nitrogens is 4. The fourth-order valence-electron chi connectivity index (χ4n) is 4.69. The number of ether oxygens (including phenoxy) is 1. The van der Waals surface area contributed by atoms with Gasteiger partial charge in [0.05, 0.1) is 48.4 Å². The largest absolute Gasteiger partial charge is 0.490 e. The molecule has 0 radical (unpaired) electrons. The number of fused-ring (bicyclic) bond motifs is 2. The van der Waals surface area contributed by atoms with E-state index in [2.05, 4.69) is 26.8 Å². The molecule has 3 aromatic heterocycles. The number of carbonyl (C=O) groups is 2. The van der Waals surface area contributed by atoms with E-state index in [4.69, 9.17) is 34.7 Å². The lowest BCUT2D eigenvalue weighted by Gasteiger charge is -2.28. The number of pyridine rings is 1. The summed E-state index contributed by atoms with van der Waals surface area (Å²) in [6.07, 6.45) is 2.84. The maximum Gasteiger partial charge on any atom is 0.490 e. The zero-order valence-electron chi connectivity index (χ0n) is 24.3. The Kier molecular flexibility index (Phi) is 9.76. The second-order valence-corrected chi connectivity index (χ2v) is 10.1. The molecule has 238 valence electrons. The molecule has 6 rings (SSSR count). The van der Waals surface area contributed by atoms with E-state index in [1.54, 1.807) is 0 Å². The van der Waals surface area contributed by atoms with Crippen LogP contribution in [0.5, 0.6) is 0 Å². The van der Waals surface area contributed by atoms with Gasteiger partial charge in [0.2, 0.25) is 0 Å². The molecule has 1 aliphatic rings. The minimum absolute atomic E-state index is 0.0648. The van der Waals surface area contributed by atoms with Crippen molar-refractivity contribution in [1.29, 1.82) is 0 Å². The van der Waals surface area contributed by atoms with Crippen molar-refractivity contribution in [3.05, 3.63) is 84.4 Å². The molecule has 1 aliphatic heterocycles. The molecule has 4 heterocycles. The van der Waals surface area contributed by atoms with Crippen molar-refractivity contribution in [2.45, 2.75) is 12.6 Å². The van der Waals surface area contributed by atoms with Gasteiger partial charge in [-0.2, -0.15) is 13.2 Å². The van der Waals surface area contributed by atoms with E-state index in [1.807, 2.05) is 73.1 Å². The minimum Gasteiger partial charge on any atom is -0.481 e. The van der Waals surface area contributed by atoms with Crippen molar-refractivity contribution in [3.63, 3.8) is 0 Å². The molecule has 14 heteroatoms. The zero-order chi connectivity index (χ0) is 32.7. The van der Waals surface area contributed by atoms with Crippen molar-refractivity contribution in [1.82, 2.24) is 19.4 Å². The van der Waals surface area contributed by atoms with E-state index in [0.717, 1.165) is 63.8 Å². The highest BCUT2D eigenvalue weighted by atomic mass is 19.4. The minimum atomic E-state index is -5.08. The van der Waals surface area contributed by atoms with E-state index in [-0.39, 0.29) is 6.42 Å². The molecule has 0 spiro atoms. The summed E-state index contributed by atoms with van der Waals surface area (Å²) in [5.41, 5.74) is 6.17. The number of benzene rings is 2. The predicted octanol–water partition coefficient (Wildman–Crippen LogP) is 5.47. The summed E-state index contributed by atoms with van der Waals surface area (Å²) in [4.78, 5) is 36.4. The van der Waals surface area contributed by atoms with Gasteiger partial charge in [-0.3, -0.25) is 9.20 Å². The van der Waals surface area contributed by atoms with Crippen LogP contribution >= 0.6 is 0 Å². The van der Waals surface area contributed by atoms with Gasteiger partial charge in [0.15, 0.2) is 11.5 Å². The molecule has 2 aromatic carbocycles. The fourth-order valence-corrected chi connectivity index (χ4v) is 4.69. The maximum absolute atomic E-state index is 10.8. The fraction of sp³-hybridized carbons (Fsp3) is 0.219. The third-order valence-electron chi connectivity index (χ3n) is 6.94. The van der Waals surface area contributed by atoms with Gasteiger partial charge in [0, 0.05) is 42.5 Å². The lowest BCUT2D eigenvalue weighted by Crippen LogP contribution is -2.37. The van der Waals surface area contributed by atoms with Gasteiger partial charge >= 0.3 is 18.1 Å². The standard InChI is InChI=1S/C30H28N6O3.C2HF3O2/c37-28(38)13-14-31-23-8-6-22(7-9-23)27-19-32-29(35-15-17-39-18-16-35)30-34-25(20-36(27)30)12-11-24-10-5-21-3-1-2-4-26(21)33-24;3-2(4,5)1(6)7/h1-12,19-20,31H,13-18H2,(H,37,38);(H,6,7). The van der Waals surface area contributed by atoms with Gasteiger partial charge in [-0.05, 0) is 36.4 Å². The van der Waals surface area contributed by atoms with Crippen LogP contribution in [0.4, 0.5) is 24.7 Å². The Hall–Kier alpha value is -5.50. The molecular formula is C32H29F3N6O5. The summed E-state index contributed by atoms with van der Waals surface area (Å²) in [6.45, 7) is 3.22. The smallest absolute Gasteiger partial charge is 0.481 e. The third kappa shape index (κ3) is 7.95. The van der Waals surface area contributed by atoms with Gasteiger partial charge in [0.1, 0.15) is 0 Å². The van der Waals surface area contributed by atoms with Gasteiger partial charge < -0.3 is 25.2 Å². The van der Waals surface area contributed by atoms with Crippen LogP contribution in [0.3, 0.4) is 0 Å². The molecule has 46 heavy (non-hydrogen) atoms. The molecule has 11 nitrogen and oxygen atoms in total. The van der Waals surface area contributed by atoms with Crippen molar-refractivity contribution in [2.24, 2.45) is 0 Å². The molecule has 0 unspecified atom stereocenters. The van der Waals surface area contributed by atoms with E-state index in [1.165, 1.54) is 0 Å². The number of rotatable bonds is 8. The summed E-state index contributed by atoms with van der Waals surface area (Å²) < 4.78 is 39.4. The Bertz CT molecular complexity index is 1870. The molecule has 1 saturated heterocycles. The lowest BCUT2D eigenvalue weighted by atomic mass is 10.1. The van der Waals surface area contributed by atoms with Crippen LogP contribution < -0.4 is 10.2 Å². The van der Waals surface area contributed by atoms with Crippen LogP contribution in [0.1, 0.15) is 17.8 Å². The monoisotopic (exact) mass is 634 g/mol. The highest BCUT2D eigenvalue weighted by molar-refractivity contribution is 5.81. The molecule has 3 N–H and O–H groups in total. The predicted molar refractivity (Wildman–Crippen MR) is 167 cm³/mol. The molecule has 0 saturated carbocycles. The van der Waals surface area contributed by atoms with Crippen LogP contribution in [-0.2, 0) is 14.3 Å². The molecule has 0 atom stereocenters. The molecule has 0 aliphatic carbocycles. The Morgan fingerprint density at radius 2 is 1.63 bits per heavy atom. The summed E-state index contributed by atoms with van der Waals surface area (Å²) in [5.74, 6) is -2.75.